The lowest BCUT2D eigenvalue weighted by Crippen LogP contribution is -1.96. The number of aromatic nitrogens is 1. The highest BCUT2D eigenvalue weighted by Crippen LogP contribution is 2.38. The molecule has 1 nitrogen and oxygen atoms in total. The molecule has 0 aliphatic carbocycles. The van der Waals surface area contributed by atoms with Crippen LogP contribution in [0.5, 0.6) is 0 Å². The van der Waals surface area contributed by atoms with Crippen LogP contribution in [0.15, 0.2) is 102 Å². The maximum atomic E-state index is 3.63. The Morgan fingerprint density at radius 1 is 0.655 bits per heavy atom. The van der Waals surface area contributed by atoms with Gasteiger partial charge >= 0.3 is 0 Å². The molecular formula is C26H16BrNS. The van der Waals surface area contributed by atoms with E-state index < -0.39 is 0 Å². The van der Waals surface area contributed by atoms with Gasteiger partial charge in [-0.1, -0.05) is 64.5 Å². The minimum Gasteiger partial charge on any atom is -0.309 e. The van der Waals surface area contributed by atoms with E-state index in [0.29, 0.717) is 0 Å². The van der Waals surface area contributed by atoms with Crippen molar-refractivity contribution in [1.82, 2.24) is 4.57 Å². The molecule has 0 saturated heterocycles. The highest BCUT2D eigenvalue weighted by molar-refractivity contribution is 9.10. The van der Waals surface area contributed by atoms with Crippen LogP contribution >= 0.6 is 27.3 Å². The molecule has 138 valence electrons. The minimum absolute atomic E-state index is 1.10. The number of thiophene rings is 1. The summed E-state index contributed by atoms with van der Waals surface area (Å²) in [6, 6.07) is 34.9. The number of hydrogen-bond donors (Lipinski definition) is 0. The summed E-state index contributed by atoms with van der Waals surface area (Å²) >= 11 is 5.48. The van der Waals surface area contributed by atoms with E-state index in [9.17, 15) is 0 Å². The summed E-state index contributed by atoms with van der Waals surface area (Å²) in [6.07, 6.45) is 0. The third kappa shape index (κ3) is 2.73. The Bertz CT molecular complexity index is 1510. The molecular weight excluding hydrogens is 438 g/mol. The predicted octanol–water partition coefficient (Wildman–Crippen LogP) is 8.43. The first-order valence-corrected chi connectivity index (χ1v) is 11.2. The first kappa shape index (κ1) is 17.0. The molecule has 0 bridgehead atoms. The first-order chi connectivity index (χ1) is 14.3. The van der Waals surface area contributed by atoms with E-state index in [-0.39, 0.29) is 0 Å². The van der Waals surface area contributed by atoms with Crippen LogP contribution in [0, 0.1) is 0 Å². The maximum Gasteiger partial charge on any atom is 0.0540 e. The maximum absolute atomic E-state index is 3.63. The normalized spacial score (nSPS) is 11.6. The molecule has 0 atom stereocenters. The molecule has 0 unspecified atom stereocenters. The van der Waals surface area contributed by atoms with Gasteiger partial charge in [0, 0.05) is 35.7 Å². The van der Waals surface area contributed by atoms with Crippen molar-refractivity contribution in [1.29, 1.82) is 0 Å². The van der Waals surface area contributed by atoms with Crippen molar-refractivity contribution >= 4 is 58.3 Å². The molecule has 0 fully saturated rings. The molecule has 0 saturated carbocycles. The van der Waals surface area contributed by atoms with Crippen molar-refractivity contribution in [2.24, 2.45) is 0 Å². The number of nitrogens with zero attached hydrogens (tertiary/aromatic N) is 1. The number of hydrogen-bond acceptors (Lipinski definition) is 1. The Labute approximate surface area is 181 Å². The van der Waals surface area contributed by atoms with E-state index in [1.165, 1.54) is 48.0 Å². The number of halogens is 1. The van der Waals surface area contributed by atoms with E-state index in [1.807, 2.05) is 11.3 Å². The van der Waals surface area contributed by atoms with Crippen molar-refractivity contribution in [3.63, 3.8) is 0 Å². The van der Waals surface area contributed by atoms with Crippen LogP contribution in [0.2, 0.25) is 0 Å². The fourth-order valence-corrected chi connectivity index (χ4v) is 5.60. The molecule has 6 aromatic rings. The van der Waals surface area contributed by atoms with E-state index in [4.69, 9.17) is 0 Å². The summed E-state index contributed by atoms with van der Waals surface area (Å²) in [5.74, 6) is 0. The Morgan fingerprint density at radius 3 is 2.34 bits per heavy atom. The molecule has 0 radical (unpaired) electrons. The van der Waals surface area contributed by atoms with Crippen molar-refractivity contribution < 1.29 is 0 Å². The monoisotopic (exact) mass is 453 g/mol. The average molecular weight is 454 g/mol. The van der Waals surface area contributed by atoms with Gasteiger partial charge in [-0.2, -0.15) is 0 Å². The van der Waals surface area contributed by atoms with Crippen LogP contribution in [0.3, 0.4) is 0 Å². The standard InChI is InChI=1S/C26H16BrNS/c27-19-10-12-23-18(14-19)15-24(17-6-2-1-3-7-17)28(23)20-11-13-26-22(16-20)21-8-4-5-9-25(21)29-26/h1-16H. The third-order valence-corrected chi connectivity index (χ3v) is 7.10. The summed E-state index contributed by atoms with van der Waals surface area (Å²) < 4.78 is 6.14. The highest BCUT2D eigenvalue weighted by Gasteiger charge is 2.14. The Hall–Kier alpha value is -2.88. The largest absolute Gasteiger partial charge is 0.309 e. The van der Waals surface area contributed by atoms with E-state index >= 15 is 0 Å². The van der Waals surface area contributed by atoms with Gasteiger partial charge in [-0.3, -0.25) is 0 Å². The molecule has 6 rings (SSSR count). The molecule has 0 N–H and O–H groups in total. The minimum atomic E-state index is 1.10. The SMILES string of the molecule is Brc1ccc2c(c1)cc(-c1ccccc1)n2-c1ccc2sc3ccccc3c2c1. The lowest BCUT2D eigenvalue weighted by Gasteiger charge is -2.12. The second-order valence-corrected chi connectivity index (χ2v) is 9.21. The van der Waals surface area contributed by atoms with Gasteiger partial charge in [0.2, 0.25) is 0 Å². The van der Waals surface area contributed by atoms with Crippen LogP contribution in [0.1, 0.15) is 0 Å². The van der Waals surface area contributed by atoms with Crippen LogP contribution < -0.4 is 0 Å². The summed E-state index contributed by atoms with van der Waals surface area (Å²) in [4.78, 5) is 0. The second kappa shape index (κ2) is 6.58. The summed E-state index contributed by atoms with van der Waals surface area (Å²) in [5.41, 5.74) is 4.83. The Morgan fingerprint density at radius 2 is 1.45 bits per heavy atom. The zero-order chi connectivity index (χ0) is 19.4. The van der Waals surface area contributed by atoms with Gasteiger partial charge in [-0.15, -0.1) is 11.3 Å². The van der Waals surface area contributed by atoms with Gasteiger partial charge in [-0.05, 0) is 54.1 Å². The van der Waals surface area contributed by atoms with Crippen LogP contribution in [0.4, 0.5) is 0 Å². The van der Waals surface area contributed by atoms with Gasteiger partial charge in [0.05, 0.1) is 11.2 Å². The van der Waals surface area contributed by atoms with Crippen LogP contribution in [0.25, 0.3) is 48.0 Å². The Balaban J connectivity index is 1.69. The third-order valence-electron chi connectivity index (χ3n) is 5.45. The zero-order valence-electron chi connectivity index (χ0n) is 15.5. The lowest BCUT2D eigenvalue weighted by atomic mass is 10.1. The molecule has 2 aromatic heterocycles. The fourth-order valence-electron chi connectivity index (χ4n) is 4.14. The van der Waals surface area contributed by atoms with E-state index in [2.05, 4.69) is 118 Å². The van der Waals surface area contributed by atoms with E-state index in [0.717, 1.165) is 4.47 Å². The van der Waals surface area contributed by atoms with Crippen molar-refractivity contribution in [3.8, 4) is 16.9 Å². The molecule has 0 aliphatic heterocycles. The quantitative estimate of drug-likeness (QED) is 0.247. The molecule has 0 spiro atoms. The van der Waals surface area contributed by atoms with E-state index in [1.54, 1.807) is 0 Å². The number of rotatable bonds is 2. The molecule has 3 heteroatoms. The summed E-state index contributed by atoms with van der Waals surface area (Å²) in [7, 11) is 0. The lowest BCUT2D eigenvalue weighted by molar-refractivity contribution is 1.14. The van der Waals surface area contributed by atoms with Gasteiger partial charge < -0.3 is 4.57 Å². The molecule has 0 amide bonds. The van der Waals surface area contributed by atoms with Gasteiger partial charge in [0.15, 0.2) is 0 Å². The fraction of sp³-hybridized carbons (Fsp3) is 0. The molecule has 2 heterocycles. The topological polar surface area (TPSA) is 4.93 Å². The summed E-state index contributed by atoms with van der Waals surface area (Å²) in [5, 5.41) is 3.88. The number of fused-ring (bicyclic) bond motifs is 4. The predicted molar refractivity (Wildman–Crippen MR) is 129 cm³/mol. The van der Waals surface area contributed by atoms with Crippen molar-refractivity contribution in [2.45, 2.75) is 0 Å². The van der Waals surface area contributed by atoms with Crippen molar-refractivity contribution in [2.75, 3.05) is 0 Å². The highest BCUT2D eigenvalue weighted by atomic mass is 79.9. The zero-order valence-corrected chi connectivity index (χ0v) is 17.9. The first-order valence-electron chi connectivity index (χ1n) is 9.56. The second-order valence-electron chi connectivity index (χ2n) is 7.21. The smallest absolute Gasteiger partial charge is 0.0540 e. The molecule has 4 aromatic carbocycles. The molecule has 29 heavy (non-hydrogen) atoms. The van der Waals surface area contributed by atoms with Crippen molar-refractivity contribution in [3.05, 3.63) is 102 Å². The van der Waals surface area contributed by atoms with Gasteiger partial charge in [-0.25, -0.2) is 0 Å². The Kier molecular flexibility index (Phi) is 3.86. The van der Waals surface area contributed by atoms with Gasteiger partial charge in [0.25, 0.3) is 0 Å². The van der Waals surface area contributed by atoms with Gasteiger partial charge in [0.1, 0.15) is 0 Å². The molecule has 0 aliphatic rings. The van der Waals surface area contributed by atoms with Crippen LogP contribution in [-0.4, -0.2) is 4.57 Å². The summed E-state index contributed by atoms with van der Waals surface area (Å²) in [6.45, 7) is 0. The van der Waals surface area contributed by atoms with Crippen LogP contribution in [-0.2, 0) is 0 Å². The number of benzene rings is 4. The average Bonchev–Trinajstić information content (AvgIpc) is 3.32.